The van der Waals surface area contributed by atoms with Crippen molar-refractivity contribution in [1.82, 2.24) is 14.7 Å². The zero-order chi connectivity index (χ0) is 10.1. The van der Waals surface area contributed by atoms with E-state index in [0.29, 0.717) is 0 Å². The van der Waals surface area contributed by atoms with Gasteiger partial charge in [-0.2, -0.15) is 0 Å². The Bertz CT molecular complexity index is 457. The van der Waals surface area contributed by atoms with Crippen LogP contribution in [0.1, 0.15) is 17.1 Å². The van der Waals surface area contributed by atoms with Crippen molar-refractivity contribution in [3.63, 3.8) is 0 Å². The van der Waals surface area contributed by atoms with Gasteiger partial charge in [0.1, 0.15) is 5.82 Å². The molecule has 0 fully saturated rings. The Morgan fingerprint density at radius 3 is 2.93 bits per heavy atom. The van der Waals surface area contributed by atoms with Crippen LogP contribution in [0.3, 0.4) is 0 Å². The number of hydrogen-bond acceptors (Lipinski definition) is 2. The Morgan fingerprint density at radius 1 is 1.43 bits per heavy atom. The second-order valence-electron chi connectivity index (χ2n) is 3.55. The van der Waals surface area contributed by atoms with Crippen molar-refractivity contribution in [2.24, 2.45) is 0 Å². The Balaban J connectivity index is 2.72. The summed E-state index contributed by atoms with van der Waals surface area (Å²) in [7, 11) is 1.94. The third-order valence-corrected chi connectivity index (χ3v) is 2.46. The van der Waals surface area contributed by atoms with Crippen LogP contribution in [0.5, 0.6) is 0 Å². The first kappa shape index (κ1) is 9.21. The van der Waals surface area contributed by atoms with E-state index >= 15 is 0 Å². The number of nitrogens with zero attached hydrogens (tertiary/aromatic N) is 2. The van der Waals surface area contributed by atoms with E-state index in [1.54, 1.807) is 0 Å². The standard InChI is InChI=1S/C11H15N3/c1-8-5-4-6-14-9(2)13-10(7-12-3)11(8)14/h4-6,12H,7H2,1-3H3. The summed E-state index contributed by atoms with van der Waals surface area (Å²) in [6, 6.07) is 4.18. The summed E-state index contributed by atoms with van der Waals surface area (Å²) in [5.41, 5.74) is 3.64. The molecule has 2 aromatic heterocycles. The molecule has 0 aliphatic carbocycles. The van der Waals surface area contributed by atoms with Crippen LogP contribution in [-0.2, 0) is 6.54 Å². The van der Waals surface area contributed by atoms with E-state index in [0.717, 1.165) is 18.1 Å². The third kappa shape index (κ3) is 1.30. The van der Waals surface area contributed by atoms with Crippen molar-refractivity contribution >= 4 is 5.52 Å². The molecule has 0 aliphatic heterocycles. The second-order valence-corrected chi connectivity index (χ2v) is 3.55. The lowest BCUT2D eigenvalue weighted by Crippen LogP contribution is -2.06. The zero-order valence-corrected chi connectivity index (χ0v) is 8.83. The van der Waals surface area contributed by atoms with E-state index in [9.17, 15) is 0 Å². The summed E-state index contributed by atoms with van der Waals surface area (Å²) < 4.78 is 2.14. The molecule has 74 valence electrons. The maximum Gasteiger partial charge on any atom is 0.110 e. The number of fused-ring (bicyclic) bond motifs is 1. The molecule has 0 saturated carbocycles. The van der Waals surface area contributed by atoms with Gasteiger partial charge in [0.15, 0.2) is 0 Å². The fourth-order valence-corrected chi connectivity index (χ4v) is 1.85. The smallest absolute Gasteiger partial charge is 0.110 e. The van der Waals surface area contributed by atoms with Gasteiger partial charge in [-0.25, -0.2) is 4.98 Å². The first-order valence-corrected chi connectivity index (χ1v) is 4.82. The number of aromatic nitrogens is 2. The molecule has 0 atom stereocenters. The van der Waals surface area contributed by atoms with E-state index in [-0.39, 0.29) is 0 Å². The molecule has 0 bridgehead atoms. The summed E-state index contributed by atoms with van der Waals surface area (Å²) in [6.45, 7) is 4.98. The van der Waals surface area contributed by atoms with Gasteiger partial charge in [-0.3, -0.25) is 0 Å². The maximum atomic E-state index is 4.54. The molecule has 3 heteroatoms. The van der Waals surface area contributed by atoms with Crippen LogP contribution in [-0.4, -0.2) is 16.4 Å². The molecule has 0 unspecified atom stereocenters. The minimum Gasteiger partial charge on any atom is -0.314 e. The lowest BCUT2D eigenvalue weighted by Gasteiger charge is -2.01. The van der Waals surface area contributed by atoms with Gasteiger partial charge in [-0.1, -0.05) is 6.07 Å². The average molecular weight is 189 g/mol. The van der Waals surface area contributed by atoms with Crippen LogP contribution < -0.4 is 5.32 Å². The highest BCUT2D eigenvalue weighted by atomic mass is 15.0. The van der Waals surface area contributed by atoms with Gasteiger partial charge in [-0.05, 0) is 32.5 Å². The fraction of sp³-hybridized carbons (Fsp3) is 0.364. The predicted octanol–water partition coefficient (Wildman–Crippen LogP) is 1.67. The van der Waals surface area contributed by atoms with Gasteiger partial charge in [0.2, 0.25) is 0 Å². The zero-order valence-electron chi connectivity index (χ0n) is 8.83. The number of imidazole rings is 1. The second kappa shape index (κ2) is 3.42. The summed E-state index contributed by atoms with van der Waals surface area (Å²) in [4.78, 5) is 4.54. The van der Waals surface area contributed by atoms with Crippen molar-refractivity contribution in [3.05, 3.63) is 35.4 Å². The largest absolute Gasteiger partial charge is 0.314 e. The van der Waals surface area contributed by atoms with E-state index < -0.39 is 0 Å². The van der Waals surface area contributed by atoms with Gasteiger partial charge in [0.05, 0.1) is 11.2 Å². The molecule has 3 nitrogen and oxygen atoms in total. The Kier molecular flexibility index (Phi) is 2.25. The molecule has 0 spiro atoms. The topological polar surface area (TPSA) is 29.3 Å². The molecule has 2 heterocycles. The SMILES string of the molecule is CNCc1nc(C)n2cccc(C)c12. The van der Waals surface area contributed by atoms with E-state index in [4.69, 9.17) is 0 Å². The summed E-state index contributed by atoms with van der Waals surface area (Å²) >= 11 is 0. The van der Waals surface area contributed by atoms with E-state index in [1.807, 2.05) is 14.0 Å². The molecule has 14 heavy (non-hydrogen) atoms. The summed E-state index contributed by atoms with van der Waals surface area (Å²) in [5, 5.41) is 3.14. The number of aryl methyl sites for hydroxylation is 2. The van der Waals surface area contributed by atoms with Gasteiger partial charge in [0, 0.05) is 12.7 Å². The Morgan fingerprint density at radius 2 is 2.21 bits per heavy atom. The van der Waals surface area contributed by atoms with Crippen LogP contribution in [0.25, 0.3) is 5.52 Å². The van der Waals surface area contributed by atoms with Crippen LogP contribution >= 0.6 is 0 Å². The van der Waals surface area contributed by atoms with Crippen LogP contribution in [0, 0.1) is 13.8 Å². The minimum atomic E-state index is 0.822. The lowest BCUT2D eigenvalue weighted by atomic mass is 10.2. The van der Waals surface area contributed by atoms with Crippen molar-refractivity contribution in [2.75, 3.05) is 7.05 Å². The molecular formula is C11H15N3. The highest BCUT2D eigenvalue weighted by Crippen LogP contribution is 2.16. The molecule has 0 aromatic carbocycles. The monoisotopic (exact) mass is 189 g/mol. The van der Waals surface area contributed by atoms with Gasteiger partial charge in [0.25, 0.3) is 0 Å². The number of hydrogen-bond donors (Lipinski definition) is 1. The van der Waals surface area contributed by atoms with E-state index in [1.165, 1.54) is 11.1 Å². The van der Waals surface area contributed by atoms with Crippen molar-refractivity contribution in [1.29, 1.82) is 0 Å². The molecule has 0 saturated heterocycles. The highest BCUT2D eigenvalue weighted by Gasteiger charge is 2.08. The van der Waals surface area contributed by atoms with Crippen LogP contribution in [0.4, 0.5) is 0 Å². The molecule has 1 N–H and O–H groups in total. The predicted molar refractivity (Wildman–Crippen MR) is 57.4 cm³/mol. The quantitative estimate of drug-likeness (QED) is 0.778. The minimum absolute atomic E-state index is 0.822. The first-order valence-electron chi connectivity index (χ1n) is 4.82. The Labute approximate surface area is 83.8 Å². The van der Waals surface area contributed by atoms with Crippen molar-refractivity contribution in [2.45, 2.75) is 20.4 Å². The van der Waals surface area contributed by atoms with Gasteiger partial charge >= 0.3 is 0 Å². The van der Waals surface area contributed by atoms with Crippen molar-refractivity contribution in [3.8, 4) is 0 Å². The lowest BCUT2D eigenvalue weighted by molar-refractivity contribution is 0.799. The number of rotatable bonds is 2. The third-order valence-electron chi connectivity index (χ3n) is 2.46. The van der Waals surface area contributed by atoms with Crippen LogP contribution in [0.15, 0.2) is 18.3 Å². The normalized spacial score (nSPS) is 11.1. The molecular weight excluding hydrogens is 174 g/mol. The Hall–Kier alpha value is -1.35. The number of pyridine rings is 1. The average Bonchev–Trinajstić information content (AvgIpc) is 2.46. The first-order chi connectivity index (χ1) is 6.74. The molecule has 0 aliphatic rings. The maximum absolute atomic E-state index is 4.54. The highest BCUT2D eigenvalue weighted by molar-refractivity contribution is 5.59. The van der Waals surface area contributed by atoms with Crippen molar-refractivity contribution < 1.29 is 0 Å². The summed E-state index contributed by atoms with van der Waals surface area (Å²) in [6.07, 6.45) is 2.06. The van der Waals surface area contributed by atoms with Gasteiger partial charge in [-0.15, -0.1) is 0 Å². The fourth-order valence-electron chi connectivity index (χ4n) is 1.85. The summed E-state index contributed by atoms with van der Waals surface area (Å²) in [5.74, 6) is 1.05. The molecule has 2 rings (SSSR count). The number of nitrogens with one attached hydrogen (secondary N) is 1. The molecule has 0 radical (unpaired) electrons. The van der Waals surface area contributed by atoms with E-state index in [2.05, 4.69) is 40.0 Å². The van der Waals surface area contributed by atoms with Gasteiger partial charge < -0.3 is 9.72 Å². The molecule has 0 amide bonds. The molecule has 2 aromatic rings. The van der Waals surface area contributed by atoms with Crippen LogP contribution in [0.2, 0.25) is 0 Å².